The Morgan fingerprint density at radius 3 is 2.50 bits per heavy atom. The number of hydrogen-bond acceptors (Lipinski definition) is 2. The zero-order valence-corrected chi connectivity index (χ0v) is 9.26. The molecule has 78 valence electrons. The van der Waals surface area contributed by atoms with Crippen LogP contribution in [0.15, 0.2) is 24.3 Å². The lowest BCUT2D eigenvalue weighted by Gasteiger charge is -2.09. The van der Waals surface area contributed by atoms with Crippen molar-refractivity contribution >= 4 is 15.7 Å². The van der Waals surface area contributed by atoms with Crippen LogP contribution in [0.2, 0.25) is 0 Å². The van der Waals surface area contributed by atoms with Gasteiger partial charge in [0.1, 0.15) is 0 Å². The van der Waals surface area contributed by atoms with Crippen LogP contribution < -0.4 is 4.72 Å². The third-order valence-electron chi connectivity index (χ3n) is 1.83. The van der Waals surface area contributed by atoms with Gasteiger partial charge in [-0.2, -0.15) is 0 Å². The molecule has 0 aromatic heterocycles. The Hall–Kier alpha value is -1.03. The van der Waals surface area contributed by atoms with Crippen molar-refractivity contribution in [3.63, 3.8) is 0 Å². The van der Waals surface area contributed by atoms with Crippen LogP contribution in [-0.2, 0) is 16.4 Å². The molecule has 0 atom stereocenters. The normalized spacial score (nSPS) is 11.3. The van der Waals surface area contributed by atoms with Crippen molar-refractivity contribution < 1.29 is 8.42 Å². The van der Waals surface area contributed by atoms with E-state index in [1.165, 1.54) is 0 Å². The number of benzene rings is 1. The van der Waals surface area contributed by atoms with E-state index in [4.69, 9.17) is 0 Å². The highest BCUT2D eigenvalue weighted by Crippen LogP contribution is 2.17. The van der Waals surface area contributed by atoms with Gasteiger partial charge in [-0.15, -0.1) is 0 Å². The molecule has 3 nitrogen and oxygen atoms in total. The van der Waals surface area contributed by atoms with Gasteiger partial charge >= 0.3 is 0 Å². The van der Waals surface area contributed by atoms with Crippen molar-refractivity contribution in [1.82, 2.24) is 0 Å². The first kappa shape index (κ1) is 11.0. The van der Waals surface area contributed by atoms with Gasteiger partial charge in [0.15, 0.2) is 0 Å². The summed E-state index contributed by atoms with van der Waals surface area (Å²) in [4.78, 5) is 0. The third kappa shape index (κ3) is 3.38. The maximum atomic E-state index is 11.0. The van der Waals surface area contributed by atoms with Gasteiger partial charge in [0.2, 0.25) is 10.0 Å². The van der Waals surface area contributed by atoms with Crippen LogP contribution in [0, 0.1) is 0 Å². The molecule has 14 heavy (non-hydrogen) atoms. The van der Waals surface area contributed by atoms with Gasteiger partial charge in [-0.1, -0.05) is 31.5 Å². The number of anilines is 1. The lowest BCUT2D eigenvalue weighted by atomic mass is 10.1. The Bertz CT molecular complexity index is 398. The lowest BCUT2D eigenvalue weighted by molar-refractivity contribution is 0.606. The highest BCUT2D eigenvalue weighted by molar-refractivity contribution is 7.92. The van der Waals surface area contributed by atoms with Crippen molar-refractivity contribution in [2.75, 3.05) is 11.0 Å². The van der Waals surface area contributed by atoms with Crippen LogP contribution in [0.5, 0.6) is 0 Å². The van der Waals surface area contributed by atoms with E-state index in [0.29, 0.717) is 5.69 Å². The van der Waals surface area contributed by atoms with E-state index in [-0.39, 0.29) is 0 Å². The van der Waals surface area contributed by atoms with Gasteiger partial charge in [0, 0.05) is 0 Å². The van der Waals surface area contributed by atoms with Crippen molar-refractivity contribution in [3.8, 4) is 0 Å². The van der Waals surface area contributed by atoms with Crippen molar-refractivity contribution in [2.45, 2.75) is 19.8 Å². The van der Waals surface area contributed by atoms with Crippen LogP contribution >= 0.6 is 0 Å². The molecule has 0 fully saturated rings. The largest absolute Gasteiger partial charge is 0.284 e. The quantitative estimate of drug-likeness (QED) is 0.831. The second-order valence-electron chi connectivity index (χ2n) is 3.28. The summed E-state index contributed by atoms with van der Waals surface area (Å²) in [5.74, 6) is 0. The number of hydrogen-bond donors (Lipinski definition) is 1. The van der Waals surface area contributed by atoms with Gasteiger partial charge in [0.05, 0.1) is 11.9 Å². The fourth-order valence-corrected chi connectivity index (χ4v) is 1.91. The molecule has 0 saturated heterocycles. The van der Waals surface area contributed by atoms with E-state index in [1.807, 2.05) is 18.2 Å². The number of rotatable bonds is 4. The van der Waals surface area contributed by atoms with Crippen molar-refractivity contribution in [1.29, 1.82) is 0 Å². The van der Waals surface area contributed by atoms with Gasteiger partial charge < -0.3 is 0 Å². The molecule has 1 N–H and O–H groups in total. The summed E-state index contributed by atoms with van der Waals surface area (Å²) in [6.07, 6.45) is 3.05. The fourth-order valence-electron chi connectivity index (χ4n) is 1.31. The Kier molecular flexibility index (Phi) is 3.52. The molecule has 0 aliphatic rings. The average Bonchev–Trinajstić information content (AvgIpc) is 2.06. The van der Waals surface area contributed by atoms with Crippen LogP contribution in [0.25, 0.3) is 0 Å². The Balaban J connectivity index is 2.95. The Labute approximate surface area is 85.2 Å². The molecule has 0 heterocycles. The van der Waals surface area contributed by atoms with Gasteiger partial charge in [-0.05, 0) is 18.1 Å². The summed E-state index contributed by atoms with van der Waals surface area (Å²) in [7, 11) is -3.17. The maximum Gasteiger partial charge on any atom is 0.229 e. The molecule has 0 spiro atoms. The molecule has 4 heteroatoms. The SMILES string of the molecule is CCCc1ccccc1NS(C)(=O)=O. The van der Waals surface area contributed by atoms with Crippen LogP contribution in [0.1, 0.15) is 18.9 Å². The van der Waals surface area contributed by atoms with E-state index in [2.05, 4.69) is 11.6 Å². The Morgan fingerprint density at radius 1 is 1.29 bits per heavy atom. The fraction of sp³-hybridized carbons (Fsp3) is 0.400. The summed E-state index contributed by atoms with van der Waals surface area (Å²) in [6, 6.07) is 7.47. The first-order valence-corrected chi connectivity index (χ1v) is 6.48. The molecule has 1 aromatic carbocycles. The summed E-state index contributed by atoms with van der Waals surface area (Å²) in [5.41, 5.74) is 1.73. The van der Waals surface area contributed by atoms with E-state index < -0.39 is 10.0 Å². The Morgan fingerprint density at radius 2 is 1.93 bits per heavy atom. The zero-order valence-electron chi connectivity index (χ0n) is 8.45. The minimum absolute atomic E-state index is 0.692. The average molecular weight is 213 g/mol. The third-order valence-corrected chi connectivity index (χ3v) is 2.42. The molecule has 0 bridgehead atoms. The highest BCUT2D eigenvalue weighted by Gasteiger charge is 2.05. The van der Waals surface area contributed by atoms with E-state index in [9.17, 15) is 8.42 Å². The summed E-state index contributed by atoms with van der Waals surface area (Å²) >= 11 is 0. The zero-order chi connectivity index (χ0) is 10.6. The summed E-state index contributed by atoms with van der Waals surface area (Å²) in [5, 5.41) is 0. The number of para-hydroxylation sites is 1. The van der Waals surface area contributed by atoms with Crippen LogP contribution in [0.3, 0.4) is 0 Å². The van der Waals surface area contributed by atoms with Crippen LogP contribution in [-0.4, -0.2) is 14.7 Å². The van der Waals surface area contributed by atoms with Gasteiger partial charge in [0.25, 0.3) is 0 Å². The minimum atomic E-state index is -3.17. The van der Waals surface area contributed by atoms with E-state index >= 15 is 0 Å². The van der Waals surface area contributed by atoms with Crippen LogP contribution in [0.4, 0.5) is 5.69 Å². The first-order chi connectivity index (χ1) is 6.53. The molecule has 0 saturated carbocycles. The molecule has 0 unspecified atom stereocenters. The lowest BCUT2D eigenvalue weighted by Crippen LogP contribution is -2.11. The smallest absolute Gasteiger partial charge is 0.229 e. The maximum absolute atomic E-state index is 11.0. The molecule has 0 aliphatic heterocycles. The molecule has 1 aromatic rings. The monoisotopic (exact) mass is 213 g/mol. The predicted molar refractivity (Wildman–Crippen MR) is 58.9 cm³/mol. The molecule has 0 aliphatic carbocycles. The number of nitrogens with one attached hydrogen (secondary N) is 1. The molecular formula is C10H15NO2S. The molecule has 0 amide bonds. The van der Waals surface area contributed by atoms with E-state index in [0.717, 1.165) is 24.7 Å². The highest BCUT2D eigenvalue weighted by atomic mass is 32.2. The molecular weight excluding hydrogens is 198 g/mol. The van der Waals surface area contributed by atoms with Gasteiger partial charge in [-0.25, -0.2) is 8.42 Å². The first-order valence-electron chi connectivity index (χ1n) is 4.58. The number of aryl methyl sites for hydroxylation is 1. The van der Waals surface area contributed by atoms with Gasteiger partial charge in [-0.3, -0.25) is 4.72 Å². The topological polar surface area (TPSA) is 46.2 Å². The second-order valence-corrected chi connectivity index (χ2v) is 5.03. The standard InChI is InChI=1S/C10H15NO2S/c1-3-6-9-7-4-5-8-10(9)11-14(2,12)13/h4-5,7-8,11H,3,6H2,1-2H3. The predicted octanol–water partition coefficient (Wildman–Crippen LogP) is 2.01. The minimum Gasteiger partial charge on any atom is -0.284 e. The molecule has 1 rings (SSSR count). The van der Waals surface area contributed by atoms with E-state index in [1.54, 1.807) is 6.07 Å². The van der Waals surface area contributed by atoms with Crippen molar-refractivity contribution in [2.24, 2.45) is 0 Å². The summed E-state index contributed by atoms with van der Waals surface area (Å²) < 4.78 is 24.6. The van der Waals surface area contributed by atoms with Crippen molar-refractivity contribution in [3.05, 3.63) is 29.8 Å². The second kappa shape index (κ2) is 4.46. The summed E-state index contributed by atoms with van der Waals surface area (Å²) in [6.45, 7) is 2.07. The molecule has 0 radical (unpaired) electrons. The number of sulfonamides is 1.